The van der Waals surface area contributed by atoms with Gasteiger partial charge in [-0.25, -0.2) is 4.39 Å². The Morgan fingerprint density at radius 3 is 2.77 bits per heavy atom. The van der Waals surface area contributed by atoms with Crippen molar-refractivity contribution < 1.29 is 9.18 Å². The van der Waals surface area contributed by atoms with Crippen molar-refractivity contribution in [3.63, 3.8) is 0 Å². The first-order valence-electron chi connectivity index (χ1n) is 8.96. The lowest BCUT2D eigenvalue weighted by molar-refractivity contribution is -0.119. The van der Waals surface area contributed by atoms with Gasteiger partial charge in [0.15, 0.2) is 0 Å². The molecule has 0 aromatic heterocycles. The number of fused-ring (bicyclic) bond motifs is 1. The first-order chi connectivity index (χ1) is 12.5. The van der Waals surface area contributed by atoms with Crippen molar-refractivity contribution in [1.82, 2.24) is 5.32 Å². The lowest BCUT2D eigenvalue weighted by Crippen LogP contribution is -2.28. The number of benzene rings is 2. The third-order valence-corrected chi connectivity index (χ3v) is 6.10. The zero-order chi connectivity index (χ0) is 18.5. The van der Waals surface area contributed by atoms with Crippen LogP contribution in [0.5, 0.6) is 0 Å². The third-order valence-electron chi connectivity index (χ3n) is 4.79. The highest BCUT2D eigenvalue weighted by Crippen LogP contribution is 2.26. The van der Waals surface area contributed by atoms with Gasteiger partial charge in [0.2, 0.25) is 5.91 Å². The monoisotopic (exact) mass is 391 g/mol. The third kappa shape index (κ3) is 4.80. The number of amides is 1. The highest BCUT2D eigenvalue weighted by atomic mass is 35.5. The van der Waals surface area contributed by atoms with Crippen molar-refractivity contribution in [3.8, 4) is 0 Å². The van der Waals surface area contributed by atoms with E-state index in [0.29, 0.717) is 16.3 Å². The fourth-order valence-electron chi connectivity index (χ4n) is 3.31. The Labute approximate surface area is 163 Å². The van der Waals surface area contributed by atoms with Crippen LogP contribution in [-0.4, -0.2) is 11.7 Å². The Balaban J connectivity index is 1.51. The topological polar surface area (TPSA) is 29.1 Å². The number of hydrogen-bond donors (Lipinski definition) is 1. The van der Waals surface area contributed by atoms with Crippen molar-refractivity contribution in [2.75, 3.05) is 5.75 Å². The predicted octanol–water partition coefficient (Wildman–Crippen LogP) is 5.47. The van der Waals surface area contributed by atoms with Gasteiger partial charge in [-0.2, -0.15) is 0 Å². The minimum absolute atomic E-state index is 0.0348. The van der Waals surface area contributed by atoms with Crippen LogP contribution in [-0.2, 0) is 23.4 Å². The van der Waals surface area contributed by atoms with E-state index in [1.807, 2.05) is 6.92 Å². The maximum atomic E-state index is 13.7. The van der Waals surface area contributed by atoms with E-state index in [4.69, 9.17) is 11.6 Å². The zero-order valence-electron chi connectivity index (χ0n) is 14.9. The quantitative estimate of drug-likeness (QED) is 0.707. The molecule has 2 nitrogen and oxygen atoms in total. The van der Waals surface area contributed by atoms with E-state index >= 15 is 0 Å². The van der Waals surface area contributed by atoms with E-state index in [-0.39, 0.29) is 23.5 Å². The average molecular weight is 392 g/mol. The summed E-state index contributed by atoms with van der Waals surface area (Å²) in [4.78, 5) is 12.2. The molecule has 1 aliphatic rings. The second kappa shape index (κ2) is 8.92. The molecule has 0 radical (unpaired) electrons. The molecule has 2 aromatic carbocycles. The lowest BCUT2D eigenvalue weighted by Gasteiger charge is -2.20. The summed E-state index contributed by atoms with van der Waals surface area (Å²) in [6, 6.07) is 11.1. The molecule has 0 unspecified atom stereocenters. The Hall–Kier alpha value is -1.52. The van der Waals surface area contributed by atoms with E-state index in [1.165, 1.54) is 41.8 Å². The van der Waals surface area contributed by atoms with Crippen LogP contribution < -0.4 is 5.32 Å². The average Bonchev–Trinajstić information content (AvgIpc) is 2.63. The summed E-state index contributed by atoms with van der Waals surface area (Å²) in [6.45, 7) is 2.00. The second-order valence-corrected chi connectivity index (χ2v) is 8.11. The number of carbonyl (C=O) groups is 1. The van der Waals surface area contributed by atoms with Gasteiger partial charge in [0.25, 0.3) is 0 Å². The second-order valence-electron chi connectivity index (χ2n) is 6.72. The van der Waals surface area contributed by atoms with Crippen molar-refractivity contribution in [2.45, 2.75) is 44.4 Å². The molecule has 1 amide bonds. The van der Waals surface area contributed by atoms with Crippen LogP contribution >= 0.6 is 23.4 Å². The standard InChI is InChI=1S/C21H23ClFNOS/c1-14(16-10-9-15-5-2-3-6-17(15)11-16)24-21(25)13-26-12-18-19(22)7-4-8-20(18)23/h4,7-11,14H,2-3,5-6,12-13H2,1H3,(H,24,25)/t14-/m0/s1. The van der Waals surface area contributed by atoms with Gasteiger partial charge in [-0.1, -0.05) is 35.9 Å². The molecule has 0 heterocycles. The maximum absolute atomic E-state index is 13.7. The van der Waals surface area contributed by atoms with Gasteiger partial charge in [-0.15, -0.1) is 11.8 Å². The summed E-state index contributed by atoms with van der Waals surface area (Å²) in [5.74, 6) is 0.284. The summed E-state index contributed by atoms with van der Waals surface area (Å²) in [6.07, 6.45) is 4.79. The number of hydrogen-bond acceptors (Lipinski definition) is 2. The van der Waals surface area contributed by atoms with E-state index in [2.05, 4.69) is 23.5 Å². The van der Waals surface area contributed by atoms with Crippen molar-refractivity contribution in [2.24, 2.45) is 0 Å². The Kier molecular flexibility index (Phi) is 6.60. The molecule has 0 bridgehead atoms. The number of nitrogens with one attached hydrogen (secondary N) is 1. The van der Waals surface area contributed by atoms with Crippen LogP contribution in [0.2, 0.25) is 5.02 Å². The normalized spacial score (nSPS) is 14.6. The molecule has 3 rings (SSSR count). The van der Waals surface area contributed by atoms with Gasteiger partial charge in [-0.3, -0.25) is 4.79 Å². The minimum atomic E-state index is -0.326. The number of rotatable bonds is 6. The molecule has 0 spiro atoms. The van der Waals surface area contributed by atoms with Crippen LogP contribution in [0.4, 0.5) is 4.39 Å². The molecule has 0 fully saturated rings. The van der Waals surface area contributed by atoms with Crippen molar-refractivity contribution in [3.05, 3.63) is 69.5 Å². The molecule has 1 atom stereocenters. The smallest absolute Gasteiger partial charge is 0.230 e. The molecule has 1 N–H and O–H groups in total. The fourth-order valence-corrected chi connectivity index (χ4v) is 4.48. The summed E-state index contributed by atoms with van der Waals surface area (Å²) < 4.78 is 13.7. The summed E-state index contributed by atoms with van der Waals surface area (Å²) in [5, 5.41) is 3.44. The number of aryl methyl sites for hydroxylation is 2. The molecule has 0 aliphatic heterocycles. The zero-order valence-corrected chi connectivity index (χ0v) is 16.4. The van der Waals surface area contributed by atoms with Gasteiger partial charge in [-0.05, 0) is 61.4 Å². The van der Waals surface area contributed by atoms with E-state index < -0.39 is 0 Å². The van der Waals surface area contributed by atoms with E-state index in [1.54, 1.807) is 12.1 Å². The van der Waals surface area contributed by atoms with Crippen LogP contribution in [0.25, 0.3) is 0 Å². The molecular weight excluding hydrogens is 369 g/mol. The molecule has 1 aliphatic carbocycles. The molecule has 138 valence electrons. The van der Waals surface area contributed by atoms with Gasteiger partial charge >= 0.3 is 0 Å². The number of thioether (sulfide) groups is 1. The van der Waals surface area contributed by atoms with Crippen LogP contribution in [0.3, 0.4) is 0 Å². The van der Waals surface area contributed by atoms with Crippen LogP contribution in [0, 0.1) is 5.82 Å². The molecule has 2 aromatic rings. The highest BCUT2D eigenvalue weighted by Gasteiger charge is 2.14. The van der Waals surface area contributed by atoms with Crippen molar-refractivity contribution >= 4 is 29.3 Å². The Morgan fingerprint density at radius 1 is 1.23 bits per heavy atom. The van der Waals surface area contributed by atoms with Crippen LogP contribution in [0.1, 0.15) is 48.1 Å². The SMILES string of the molecule is C[C@H](NC(=O)CSCc1c(F)cccc1Cl)c1ccc2c(c1)CCCC2. The minimum Gasteiger partial charge on any atom is -0.349 e. The Bertz CT molecular complexity index is 775. The fraction of sp³-hybridized carbons (Fsp3) is 0.381. The molecular formula is C21H23ClFNOS. The predicted molar refractivity (Wildman–Crippen MR) is 107 cm³/mol. The number of halogens is 2. The molecule has 0 saturated heterocycles. The van der Waals surface area contributed by atoms with Gasteiger partial charge in [0.05, 0.1) is 11.8 Å². The van der Waals surface area contributed by atoms with Gasteiger partial charge < -0.3 is 5.32 Å². The highest BCUT2D eigenvalue weighted by molar-refractivity contribution is 7.99. The Morgan fingerprint density at radius 2 is 2.00 bits per heavy atom. The molecule has 5 heteroatoms. The van der Waals surface area contributed by atoms with E-state index in [9.17, 15) is 9.18 Å². The summed E-state index contributed by atoms with van der Waals surface area (Å²) in [5.41, 5.74) is 4.45. The molecule has 0 saturated carbocycles. The molecule has 26 heavy (non-hydrogen) atoms. The first kappa shape index (κ1) is 19.2. The maximum Gasteiger partial charge on any atom is 0.230 e. The summed E-state index contributed by atoms with van der Waals surface area (Å²) >= 11 is 7.38. The van der Waals surface area contributed by atoms with Gasteiger partial charge in [0.1, 0.15) is 5.82 Å². The first-order valence-corrected chi connectivity index (χ1v) is 10.5. The summed E-state index contributed by atoms with van der Waals surface area (Å²) in [7, 11) is 0. The van der Waals surface area contributed by atoms with E-state index in [0.717, 1.165) is 18.4 Å². The number of carbonyl (C=O) groups excluding carboxylic acids is 1. The largest absolute Gasteiger partial charge is 0.349 e. The van der Waals surface area contributed by atoms with Gasteiger partial charge in [0, 0.05) is 16.3 Å². The van der Waals surface area contributed by atoms with Crippen LogP contribution in [0.15, 0.2) is 36.4 Å². The van der Waals surface area contributed by atoms with Crippen molar-refractivity contribution in [1.29, 1.82) is 0 Å². The lowest BCUT2D eigenvalue weighted by atomic mass is 9.89.